The monoisotopic (exact) mass is 210 g/mol. The van der Waals surface area contributed by atoms with Crippen LogP contribution in [0.15, 0.2) is 0 Å². The molecule has 0 saturated heterocycles. The van der Waals surface area contributed by atoms with Crippen molar-refractivity contribution in [3.05, 3.63) is 0 Å². The van der Waals surface area contributed by atoms with Gasteiger partial charge in [0.15, 0.2) is 0 Å². The first-order chi connectivity index (χ1) is 4.63. The van der Waals surface area contributed by atoms with Gasteiger partial charge in [-0.3, -0.25) is 4.57 Å². The third-order valence-electron chi connectivity index (χ3n) is 0.992. The Kier molecular flexibility index (Phi) is 12.8. The molecule has 2 unspecified atom stereocenters. The van der Waals surface area contributed by atoms with Crippen LogP contribution in [0.25, 0.3) is 0 Å². The molecule has 2 atom stereocenters. The van der Waals surface area contributed by atoms with E-state index in [4.69, 9.17) is 10.00 Å². The van der Waals surface area contributed by atoms with Gasteiger partial charge >= 0.3 is 46.0 Å². The molecule has 0 radical (unpaired) electrons. The summed E-state index contributed by atoms with van der Waals surface area (Å²) < 4.78 is 14.3. The fourth-order valence-corrected chi connectivity index (χ4v) is 0.857. The van der Waals surface area contributed by atoms with Crippen molar-refractivity contribution in [1.82, 2.24) is 0 Å². The van der Waals surface area contributed by atoms with E-state index in [1.54, 1.807) is 6.92 Å². The van der Waals surface area contributed by atoms with E-state index in [2.05, 4.69) is 4.52 Å². The Hall–Kier alpha value is 1.37. The fourth-order valence-electron chi connectivity index (χ4n) is 0.538. The van der Waals surface area contributed by atoms with Crippen LogP contribution in [-0.2, 0) is 9.09 Å². The molecule has 0 spiro atoms. The van der Waals surface area contributed by atoms with Crippen molar-refractivity contribution >= 4 is 46.0 Å². The van der Waals surface area contributed by atoms with Crippen LogP contribution in [0.3, 0.4) is 0 Å². The van der Waals surface area contributed by atoms with Gasteiger partial charge in [-0.2, -0.15) is 0 Å². The second kappa shape index (κ2) is 9.46. The maximum atomic E-state index is 9.94. The van der Waals surface area contributed by atoms with Crippen LogP contribution in [-0.4, -0.2) is 60.4 Å². The van der Waals surface area contributed by atoms with Gasteiger partial charge in [-0.15, -0.1) is 0 Å². The van der Waals surface area contributed by atoms with Crippen LogP contribution < -0.4 is 0 Å². The van der Waals surface area contributed by atoms with Gasteiger partial charge in [0, 0.05) is 0 Å². The Bertz CT molecular complexity index is 109. The standard InChI is InChI=1S/C5H13O4P.Ca.2H/c1-5(6)3-2-4-9-10(7)8;;;/h5-6,10H,2-4H2,1H3,(H,7,8);;;. The molecule has 0 aromatic rings. The number of rotatable bonds is 5. The SMILES string of the molecule is CC(O)CCCO[PH](=O)O.[CaH2]. The molecule has 0 aromatic heterocycles. The molecule has 0 amide bonds. The molecule has 0 fully saturated rings. The first kappa shape index (κ1) is 14.9. The predicted octanol–water partition coefficient (Wildman–Crippen LogP) is -0.370. The topological polar surface area (TPSA) is 66.8 Å². The van der Waals surface area contributed by atoms with Crippen molar-refractivity contribution in [1.29, 1.82) is 0 Å². The van der Waals surface area contributed by atoms with Gasteiger partial charge in [0.1, 0.15) is 0 Å². The summed E-state index contributed by atoms with van der Waals surface area (Å²) in [5.41, 5.74) is 0. The zero-order valence-electron chi connectivity index (χ0n) is 5.91. The molecular weight excluding hydrogens is 195 g/mol. The third-order valence-corrected chi connectivity index (χ3v) is 1.44. The summed E-state index contributed by atoms with van der Waals surface area (Å²) in [5.74, 6) is 0. The van der Waals surface area contributed by atoms with Crippen molar-refractivity contribution in [2.24, 2.45) is 0 Å². The van der Waals surface area contributed by atoms with Crippen LogP contribution in [0.1, 0.15) is 19.8 Å². The van der Waals surface area contributed by atoms with Gasteiger partial charge in [0.25, 0.3) is 0 Å². The zero-order chi connectivity index (χ0) is 7.98. The molecule has 0 aliphatic rings. The molecule has 0 bridgehead atoms. The number of aliphatic hydroxyl groups is 1. The summed E-state index contributed by atoms with van der Waals surface area (Å²) in [6.45, 7) is 1.92. The van der Waals surface area contributed by atoms with Crippen molar-refractivity contribution < 1.29 is 19.1 Å². The van der Waals surface area contributed by atoms with Crippen LogP contribution in [0.5, 0.6) is 0 Å². The molecule has 2 N–H and O–H groups in total. The normalized spacial score (nSPS) is 15.2. The second-order valence-electron chi connectivity index (χ2n) is 2.11. The molecule has 0 heterocycles. The van der Waals surface area contributed by atoms with Crippen molar-refractivity contribution in [2.45, 2.75) is 25.9 Å². The summed E-state index contributed by atoms with van der Waals surface area (Å²) in [7, 11) is -2.76. The van der Waals surface area contributed by atoms with E-state index in [9.17, 15) is 4.57 Å². The Balaban J connectivity index is 0. The Labute approximate surface area is 96.9 Å². The van der Waals surface area contributed by atoms with Gasteiger partial charge in [0.05, 0.1) is 12.7 Å². The second-order valence-corrected chi connectivity index (χ2v) is 2.93. The quantitative estimate of drug-likeness (QED) is 0.369. The van der Waals surface area contributed by atoms with Crippen LogP contribution in [0.4, 0.5) is 0 Å². The fraction of sp³-hybridized carbons (Fsp3) is 1.00. The number of aliphatic hydroxyl groups excluding tert-OH is 1. The molecule has 0 aliphatic heterocycles. The minimum absolute atomic E-state index is 0. The van der Waals surface area contributed by atoms with E-state index in [0.717, 1.165) is 0 Å². The van der Waals surface area contributed by atoms with E-state index in [0.29, 0.717) is 12.8 Å². The van der Waals surface area contributed by atoms with Gasteiger partial charge in [-0.25, -0.2) is 0 Å². The molecule has 66 valence electrons. The average molecular weight is 210 g/mol. The van der Waals surface area contributed by atoms with Gasteiger partial charge in [-0.05, 0) is 19.8 Å². The predicted molar refractivity (Wildman–Crippen MR) is 46.6 cm³/mol. The molecule has 0 rings (SSSR count). The molecule has 6 heteroatoms. The van der Waals surface area contributed by atoms with E-state index in [1.165, 1.54) is 0 Å². The third kappa shape index (κ3) is 14.2. The van der Waals surface area contributed by atoms with Crippen LogP contribution >= 0.6 is 8.25 Å². The molecule has 11 heavy (non-hydrogen) atoms. The minimum atomic E-state index is -2.76. The van der Waals surface area contributed by atoms with Crippen molar-refractivity contribution in [3.8, 4) is 0 Å². The van der Waals surface area contributed by atoms with Gasteiger partial charge in [0.2, 0.25) is 0 Å². The first-order valence-electron chi connectivity index (χ1n) is 3.16. The Morgan fingerprint density at radius 3 is 2.55 bits per heavy atom. The van der Waals surface area contributed by atoms with Crippen molar-refractivity contribution in [2.75, 3.05) is 6.61 Å². The zero-order valence-corrected chi connectivity index (χ0v) is 6.91. The van der Waals surface area contributed by atoms with Gasteiger partial charge < -0.3 is 14.5 Å². The maximum absolute atomic E-state index is 9.94. The van der Waals surface area contributed by atoms with Crippen LogP contribution in [0, 0.1) is 0 Å². The average Bonchev–Trinajstić information content (AvgIpc) is 1.79. The Morgan fingerprint density at radius 2 is 2.18 bits per heavy atom. The van der Waals surface area contributed by atoms with E-state index in [1.807, 2.05) is 0 Å². The van der Waals surface area contributed by atoms with E-state index in [-0.39, 0.29) is 50.4 Å². The Morgan fingerprint density at radius 1 is 1.64 bits per heavy atom. The van der Waals surface area contributed by atoms with E-state index >= 15 is 0 Å². The first-order valence-corrected chi connectivity index (χ1v) is 4.43. The summed E-state index contributed by atoms with van der Waals surface area (Å²) >= 11 is 0. The summed E-state index contributed by atoms with van der Waals surface area (Å²) in [4.78, 5) is 8.18. The molecule has 4 nitrogen and oxygen atoms in total. The van der Waals surface area contributed by atoms with E-state index < -0.39 is 8.25 Å². The molecule has 0 aromatic carbocycles. The summed E-state index contributed by atoms with van der Waals surface area (Å²) in [6.07, 6.45) is 0.869. The summed E-state index contributed by atoms with van der Waals surface area (Å²) in [5, 5.41) is 8.73. The molecule has 0 saturated carbocycles. The van der Waals surface area contributed by atoms with Gasteiger partial charge in [-0.1, -0.05) is 0 Å². The number of hydrogen-bond donors (Lipinski definition) is 2. The van der Waals surface area contributed by atoms with Crippen LogP contribution in [0.2, 0.25) is 0 Å². The summed E-state index contributed by atoms with van der Waals surface area (Å²) in [6, 6.07) is 0. The molecule has 0 aliphatic carbocycles. The van der Waals surface area contributed by atoms with Crippen molar-refractivity contribution in [3.63, 3.8) is 0 Å². The molecular formula is C5H15CaO4P. The number of hydrogen-bond acceptors (Lipinski definition) is 3.